The molecule has 9 heteroatoms. The topological polar surface area (TPSA) is 79.6 Å². The number of hydrogen-bond acceptors (Lipinski definition) is 5. The Morgan fingerprint density at radius 3 is 2.58 bits per heavy atom. The van der Waals surface area contributed by atoms with Gasteiger partial charge in [-0.15, -0.1) is 34.2 Å². The lowest BCUT2D eigenvalue weighted by Gasteiger charge is -2.26. The number of nitrogens with zero attached hydrogens (tertiary/aromatic N) is 5. The third kappa shape index (κ3) is 9.12. The predicted octanol–water partition coefficient (Wildman–Crippen LogP) is 2.22. The quantitative estimate of drug-likeness (QED) is 0.208. The van der Waals surface area contributed by atoms with E-state index < -0.39 is 0 Å². The fourth-order valence-corrected chi connectivity index (χ4v) is 3.41. The van der Waals surface area contributed by atoms with Crippen LogP contribution in [0.15, 0.2) is 35.6 Å². The first kappa shape index (κ1) is 25.5. The molecule has 0 radical (unpaired) electrons. The number of aryl methyl sites for hydroxylation is 2. The molecule has 0 amide bonds. The van der Waals surface area contributed by atoms with E-state index in [1.54, 1.807) is 6.33 Å². The van der Waals surface area contributed by atoms with Crippen LogP contribution in [-0.2, 0) is 24.2 Å². The summed E-state index contributed by atoms with van der Waals surface area (Å²) in [6.07, 6.45) is 3.75. The molecule has 1 aromatic heterocycles. The zero-order chi connectivity index (χ0) is 21.0. The Morgan fingerprint density at radius 1 is 1.10 bits per heavy atom. The van der Waals surface area contributed by atoms with E-state index in [4.69, 9.17) is 9.73 Å². The monoisotopic (exact) mass is 541 g/mol. The average molecular weight is 541 g/mol. The van der Waals surface area contributed by atoms with Crippen molar-refractivity contribution in [3.05, 3.63) is 47.5 Å². The van der Waals surface area contributed by atoms with E-state index in [1.165, 1.54) is 11.1 Å². The number of halogens is 1. The highest BCUT2D eigenvalue weighted by Gasteiger charge is 2.09. The van der Waals surface area contributed by atoms with Crippen LogP contribution >= 0.6 is 24.0 Å². The Bertz CT molecular complexity index is 772. The zero-order valence-electron chi connectivity index (χ0n) is 18.7. The van der Waals surface area contributed by atoms with Crippen molar-refractivity contribution in [2.75, 3.05) is 45.9 Å². The molecule has 0 bridgehead atoms. The normalized spacial score (nSPS) is 14.8. The van der Waals surface area contributed by atoms with E-state index in [0.717, 1.165) is 77.1 Å². The van der Waals surface area contributed by atoms with E-state index in [-0.39, 0.29) is 24.0 Å². The lowest BCUT2D eigenvalue weighted by Crippen LogP contribution is -2.41. The molecule has 31 heavy (non-hydrogen) atoms. The summed E-state index contributed by atoms with van der Waals surface area (Å²) in [5.74, 6) is 1.86. The minimum absolute atomic E-state index is 0. The van der Waals surface area contributed by atoms with Crippen LogP contribution in [0.5, 0.6) is 0 Å². The van der Waals surface area contributed by atoms with Gasteiger partial charge in [0.25, 0.3) is 0 Å². The van der Waals surface area contributed by atoms with Crippen molar-refractivity contribution in [2.24, 2.45) is 4.99 Å². The highest BCUT2D eigenvalue weighted by molar-refractivity contribution is 14.0. The minimum atomic E-state index is 0. The fourth-order valence-electron chi connectivity index (χ4n) is 3.41. The highest BCUT2D eigenvalue weighted by atomic mass is 127. The van der Waals surface area contributed by atoms with Crippen molar-refractivity contribution >= 4 is 29.9 Å². The molecule has 2 N–H and O–H groups in total. The summed E-state index contributed by atoms with van der Waals surface area (Å²) in [6.45, 7) is 12.2. The molecule has 0 atom stereocenters. The second kappa shape index (κ2) is 14.4. The predicted molar refractivity (Wildman–Crippen MR) is 135 cm³/mol. The molecular weight excluding hydrogens is 505 g/mol. The first-order valence-corrected chi connectivity index (χ1v) is 11.0. The Labute approximate surface area is 202 Å². The van der Waals surface area contributed by atoms with Gasteiger partial charge in [0.2, 0.25) is 0 Å². The summed E-state index contributed by atoms with van der Waals surface area (Å²) in [5, 5.41) is 15.1. The van der Waals surface area contributed by atoms with E-state index in [2.05, 4.69) is 68.4 Å². The molecule has 2 aromatic rings. The van der Waals surface area contributed by atoms with Crippen LogP contribution in [0.1, 0.15) is 30.3 Å². The van der Waals surface area contributed by atoms with Gasteiger partial charge in [0.1, 0.15) is 12.2 Å². The Balaban J connectivity index is 0.00000341. The largest absolute Gasteiger partial charge is 0.379 e. The molecule has 2 heterocycles. The number of hydrogen-bond donors (Lipinski definition) is 2. The SMILES string of the molecule is CCc1nncn1CCNC(=NCc1ccc(C)cc1)NCCCN1CCOCC1.I. The van der Waals surface area contributed by atoms with Gasteiger partial charge in [0.15, 0.2) is 5.96 Å². The van der Waals surface area contributed by atoms with Crippen LogP contribution < -0.4 is 10.6 Å². The first-order valence-electron chi connectivity index (χ1n) is 11.0. The summed E-state index contributed by atoms with van der Waals surface area (Å²) in [7, 11) is 0. The number of rotatable bonds is 10. The van der Waals surface area contributed by atoms with E-state index in [1.807, 2.05) is 0 Å². The maximum atomic E-state index is 5.42. The molecule has 0 spiro atoms. The van der Waals surface area contributed by atoms with Gasteiger partial charge in [0, 0.05) is 39.1 Å². The minimum Gasteiger partial charge on any atom is -0.379 e. The number of aromatic nitrogens is 3. The molecular formula is C22H36IN7O. The molecule has 0 aliphatic carbocycles. The maximum absolute atomic E-state index is 5.42. The van der Waals surface area contributed by atoms with Crippen LogP contribution in [0, 0.1) is 6.92 Å². The lowest BCUT2D eigenvalue weighted by molar-refractivity contribution is 0.0376. The van der Waals surface area contributed by atoms with Gasteiger partial charge in [-0.25, -0.2) is 4.99 Å². The van der Waals surface area contributed by atoms with Crippen molar-refractivity contribution in [1.82, 2.24) is 30.3 Å². The van der Waals surface area contributed by atoms with Gasteiger partial charge in [-0.3, -0.25) is 4.90 Å². The molecule has 1 saturated heterocycles. The number of morpholine rings is 1. The van der Waals surface area contributed by atoms with Crippen LogP contribution in [-0.4, -0.2) is 71.6 Å². The van der Waals surface area contributed by atoms with Crippen LogP contribution in [0.3, 0.4) is 0 Å². The Morgan fingerprint density at radius 2 is 1.84 bits per heavy atom. The van der Waals surface area contributed by atoms with Crippen molar-refractivity contribution < 1.29 is 4.74 Å². The van der Waals surface area contributed by atoms with Gasteiger partial charge in [-0.1, -0.05) is 36.8 Å². The number of ether oxygens (including phenoxy) is 1. The first-order chi connectivity index (χ1) is 14.7. The van der Waals surface area contributed by atoms with Crippen molar-refractivity contribution in [2.45, 2.75) is 39.8 Å². The Kier molecular flexibility index (Phi) is 11.8. The number of nitrogens with one attached hydrogen (secondary N) is 2. The van der Waals surface area contributed by atoms with Gasteiger partial charge >= 0.3 is 0 Å². The molecule has 172 valence electrons. The van der Waals surface area contributed by atoms with Crippen LogP contribution in [0.2, 0.25) is 0 Å². The molecule has 0 unspecified atom stereocenters. The lowest BCUT2D eigenvalue weighted by atomic mass is 10.1. The van der Waals surface area contributed by atoms with Gasteiger partial charge < -0.3 is 19.9 Å². The molecule has 8 nitrogen and oxygen atoms in total. The number of guanidine groups is 1. The zero-order valence-corrected chi connectivity index (χ0v) is 21.0. The third-order valence-electron chi connectivity index (χ3n) is 5.24. The molecule has 3 rings (SSSR count). The van der Waals surface area contributed by atoms with E-state index >= 15 is 0 Å². The number of benzene rings is 1. The van der Waals surface area contributed by atoms with Gasteiger partial charge in [0.05, 0.1) is 19.8 Å². The van der Waals surface area contributed by atoms with Crippen molar-refractivity contribution in [3.8, 4) is 0 Å². The summed E-state index contributed by atoms with van der Waals surface area (Å²) in [4.78, 5) is 7.25. The summed E-state index contributed by atoms with van der Waals surface area (Å²) < 4.78 is 7.51. The van der Waals surface area contributed by atoms with Crippen LogP contribution in [0.25, 0.3) is 0 Å². The Hall–Kier alpha value is -1.72. The molecule has 1 aromatic carbocycles. The van der Waals surface area contributed by atoms with Gasteiger partial charge in [-0.2, -0.15) is 0 Å². The summed E-state index contributed by atoms with van der Waals surface area (Å²) >= 11 is 0. The molecule has 1 aliphatic rings. The number of aliphatic imine (C=N–C) groups is 1. The highest BCUT2D eigenvalue weighted by Crippen LogP contribution is 2.04. The van der Waals surface area contributed by atoms with E-state index in [9.17, 15) is 0 Å². The smallest absolute Gasteiger partial charge is 0.191 e. The summed E-state index contributed by atoms with van der Waals surface area (Å²) in [5.41, 5.74) is 2.48. The molecule has 1 fully saturated rings. The second-order valence-electron chi connectivity index (χ2n) is 7.61. The van der Waals surface area contributed by atoms with Gasteiger partial charge in [-0.05, 0) is 25.5 Å². The third-order valence-corrected chi connectivity index (χ3v) is 5.24. The molecule has 1 aliphatic heterocycles. The van der Waals surface area contributed by atoms with E-state index in [0.29, 0.717) is 6.54 Å². The van der Waals surface area contributed by atoms with Crippen molar-refractivity contribution in [3.63, 3.8) is 0 Å². The standard InChI is InChI=1S/C22H35N7O.HI/c1-3-21-27-26-18-29(21)12-10-24-22(25-17-20-7-5-19(2)6-8-20)23-9-4-11-28-13-15-30-16-14-28;/h5-8,18H,3-4,9-17H2,1-2H3,(H2,23,24,25);1H. The van der Waals surface area contributed by atoms with Crippen molar-refractivity contribution in [1.29, 1.82) is 0 Å². The average Bonchev–Trinajstić information content (AvgIpc) is 3.24. The second-order valence-corrected chi connectivity index (χ2v) is 7.61. The maximum Gasteiger partial charge on any atom is 0.191 e. The van der Waals surface area contributed by atoms with Crippen LogP contribution in [0.4, 0.5) is 0 Å². The molecule has 0 saturated carbocycles. The fraction of sp³-hybridized carbons (Fsp3) is 0.591. The summed E-state index contributed by atoms with van der Waals surface area (Å²) in [6, 6.07) is 8.54.